The Labute approximate surface area is 103 Å². The highest BCUT2D eigenvalue weighted by atomic mass is 32.1. The van der Waals surface area contributed by atoms with Crippen LogP contribution >= 0.6 is 11.3 Å². The van der Waals surface area contributed by atoms with Gasteiger partial charge in [-0.1, -0.05) is 0 Å². The van der Waals surface area contributed by atoms with Gasteiger partial charge >= 0.3 is 5.97 Å². The van der Waals surface area contributed by atoms with Crippen molar-refractivity contribution in [2.75, 3.05) is 0 Å². The number of aromatic nitrogens is 2. The Morgan fingerprint density at radius 3 is 2.94 bits per heavy atom. The van der Waals surface area contributed by atoms with E-state index >= 15 is 0 Å². The SMILES string of the molecule is Cc1ccsc1-c1ccnc(CCC(=O)O)n1. The first-order valence-electron chi connectivity index (χ1n) is 5.25. The molecule has 0 aliphatic heterocycles. The van der Waals surface area contributed by atoms with E-state index < -0.39 is 5.97 Å². The summed E-state index contributed by atoms with van der Waals surface area (Å²) in [4.78, 5) is 20.1. The molecule has 2 aromatic heterocycles. The molecule has 0 bridgehead atoms. The molecule has 1 N–H and O–H groups in total. The van der Waals surface area contributed by atoms with E-state index in [9.17, 15) is 4.79 Å². The van der Waals surface area contributed by atoms with Crippen LogP contribution in [0.25, 0.3) is 10.6 Å². The molecule has 0 atom stereocenters. The molecule has 0 radical (unpaired) electrons. The molecular formula is C12H12N2O2S. The molecule has 0 aromatic carbocycles. The summed E-state index contributed by atoms with van der Waals surface area (Å²) in [6, 6.07) is 3.89. The van der Waals surface area contributed by atoms with Crippen LogP contribution in [0.5, 0.6) is 0 Å². The smallest absolute Gasteiger partial charge is 0.303 e. The van der Waals surface area contributed by atoms with Gasteiger partial charge in [0.25, 0.3) is 0 Å². The maximum atomic E-state index is 10.5. The highest BCUT2D eigenvalue weighted by Gasteiger charge is 2.07. The number of hydrogen-bond donors (Lipinski definition) is 1. The Bertz CT molecular complexity index is 537. The first-order chi connectivity index (χ1) is 8.16. The fraction of sp³-hybridized carbons (Fsp3) is 0.250. The first kappa shape index (κ1) is 11.7. The normalized spacial score (nSPS) is 10.4. The van der Waals surface area contributed by atoms with E-state index in [1.54, 1.807) is 17.5 Å². The van der Waals surface area contributed by atoms with Crippen molar-refractivity contribution in [3.05, 3.63) is 35.1 Å². The number of carbonyl (C=O) groups is 1. The lowest BCUT2D eigenvalue weighted by molar-refractivity contribution is -0.137. The summed E-state index contributed by atoms with van der Waals surface area (Å²) < 4.78 is 0. The van der Waals surface area contributed by atoms with E-state index in [0.717, 1.165) is 10.6 Å². The zero-order chi connectivity index (χ0) is 12.3. The van der Waals surface area contributed by atoms with Crippen LogP contribution in [0.1, 0.15) is 17.8 Å². The van der Waals surface area contributed by atoms with Gasteiger partial charge in [0.15, 0.2) is 0 Å². The summed E-state index contributed by atoms with van der Waals surface area (Å²) in [6.07, 6.45) is 2.11. The molecule has 88 valence electrons. The van der Waals surface area contributed by atoms with Gasteiger partial charge in [-0.25, -0.2) is 9.97 Å². The van der Waals surface area contributed by atoms with Crippen LogP contribution < -0.4 is 0 Å². The number of rotatable bonds is 4. The van der Waals surface area contributed by atoms with E-state index in [4.69, 9.17) is 5.11 Å². The molecular weight excluding hydrogens is 236 g/mol. The molecule has 4 nitrogen and oxygen atoms in total. The summed E-state index contributed by atoms with van der Waals surface area (Å²) >= 11 is 1.63. The van der Waals surface area contributed by atoms with Crippen molar-refractivity contribution in [2.45, 2.75) is 19.8 Å². The number of aliphatic carboxylic acids is 1. The second kappa shape index (κ2) is 5.05. The molecule has 0 saturated carbocycles. The topological polar surface area (TPSA) is 63.1 Å². The van der Waals surface area contributed by atoms with E-state index in [1.807, 2.05) is 24.4 Å². The van der Waals surface area contributed by atoms with Gasteiger partial charge < -0.3 is 5.11 Å². The van der Waals surface area contributed by atoms with E-state index in [2.05, 4.69) is 9.97 Å². The van der Waals surface area contributed by atoms with E-state index in [0.29, 0.717) is 12.2 Å². The highest BCUT2D eigenvalue weighted by Crippen LogP contribution is 2.26. The van der Waals surface area contributed by atoms with Gasteiger partial charge in [0.1, 0.15) is 5.82 Å². The first-order valence-corrected chi connectivity index (χ1v) is 6.13. The van der Waals surface area contributed by atoms with Gasteiger partial charge in [-0.2, -0.15) is 0 Å². The quantitative estimate of drug-likeness (QED) is 0.903. The predicted octanol–water partition coefficient (Wildman–Crippen LogP) is 2.53. The van der Waals surface area contributed by atoms with Crippen LogP contribution in [-0.4, -0.2) is 21.0 Å². The lowest BCUT2D eigenvalue weighted by Crippen LogP contribution is -2.01. The Balaban J connectivity index is 2.23. The van der Waals surface area contributed by atoms with Crippen LogP contribution in [0.3, 0.4) is 0 Å². The standard InChI is InChI=1S/C12H12N2O2S/c1-8-5-7-17-12(8)9-4-6-13-10(14-9)2-3-11(15)16/h4-7H,2-3H2,1H3,(H,15,16). The summed E-state index contributed by atoms with van der Waals surface area (Å²) in [5, 5.41) is 10.6. The van der Waals surface area contributed by atoms with Crippen molar-refractivity contribution in [3.63, 3.8) is 0 Å². The predicted molar refractivity (Wildman–Crippen MR) is 66.0 cm³/mol. The van der Waals surface area contributed by atoms with Crippen molar-refractivity contribution in [2.24, 2.45) is 0 Å². The molecule has 17 heavy (non-hydrogen) atoms. The summed E-state index contributed by atoms with van der Waals surface area (Å²) in [6.45, 7) is 2.03. The molecule has 2 aromatic rings. The maximum Gasteiger partial charge on any atom is 0.303 e. The summed E-state index contributed by atoms with van der Waals surface area (Å²) in [5.41, 5.74) is 2.05. The minimum absolute atomic E-state index is 0.0624. The Kier molecular flexibility index (Phi) is 3.49. The second-order valence-electron chi connectivity index (χ2n) is 3.68. The number of nitrogens with zero attached hydrogens (tertiary/aromatic N) is 2. The molecule has 0 saturated heterocycles. The Morgan fingerprint density at radius 1 is 1.47 bits per heavy atom. The highest BCUT2D eigenvalue weighted by molar-refractivity contribution is 7.13. The Morgan fingerprint density at radius 2 is 2.29 bits per heavy atom. The average Bonchev–Trinajstić information content (AvgIpc) is 2.73. The van der Waals surface area contributed by atoms with Crippen LogP contribution in [0.15, 0.2) is 23.7 Å². The number of carboxylic acids is 1. The number of thiophene rings is 1. The van der Waals surface area contributed by atoms with Crippen LogP contribution in [0.2, 0.25) is 0 Å². The molecule has 2 rings (SSSR count). The Hall–Kier alpha value is -1.75. The summed E-state index contributed by atoms with van der Waals surface area (Å²) in [5.74, 6) is -0.246. The monoisotopic (exact) mass is 248 g/mol. The van der Waals surface area contributed by atoms with Crippen LogP contribution in [0, 0.1) is 6.92 Å². The van der Waals surface area contributed by atoms with Gasteiger partial charge in [0.05, 0.1) is 17.0 Å². The van der Waals surface area contributed by atoms with Crippen molar-refractivity contribution >= 4 is 17.3 Å². The maximum absolute atomic E-state index is 10.5. The van der Waals surface area contributed by atoms with Crippen molar-refractivity contribution in [3.8, 4) is 10.6 Å². The van der Waals surface area contributed by atoms with Crippen molar-refractivity contribution < 1.29 is 9.90 Å². The van der Waals surface area contributed by atoms with Gasteiger partial charge in [0.2, 0.25) is 0 Å². The van der Waals surface area contributed by atoms with Crippen molar-refractivity contribution in [1.29, 1.82) is 0 Å². The third-order valence-electron chi connectivity index (χ3n) is 2.36. The fourth-order valence-corrected chi connectivity index (χ4v) is 2.40. The van der Waals surface area contributed by atoms with Crippen LogP contribution in [-0.2, 0) is 11.2 Å². The molecule has 0 aliphatic carbocycles. The number of hydrogen-bond acceptors (Lipinski definition) is 4. The molecule has 0 spiro atoms. The molecule has 0 amide bonds. The second-order valence-corrected chi connectivity index (χ2v) is 4.60. The molecule has 0 aliphatic rings. The zero-order valence-corrected chi connectivity index (χ0v) is 10.2. The van der Waals surface area contributed by atoms with Gasteiger partial charge in [-0.3, -0.25) is 4.79 Å². The van der Waals surface area contributed by atoms with Gasteiger partial charge in [-0.05, 0) is 30.0 Å². The molecule has 0 fully saturated rings. The van der Waals surface area contributed by atoms with Gasteiger partial charge in [0, 0.05) is 12.6 Å². The lowest BCUT2D eigenvalue weighted by atomic mass is 10.2. The fourth-order valence-electron chi connectivity index (χ4n) is 1.50. The number of carboxylic acid groups (broad SMARTS) is 1. The number of aryl methyl sites for hydroxylation is 2. The minimum Gasteiger partial charge on any atom is -0.481 e. The third kappa shape index (κ3) is 2.88. The largest absolute Gasteiger partial charge is 0.481 e. The molecule has 0 unspecified atom stereocenters. The minimum atomic E-state index is -0.827. The van der Waals surface area contributed by atoms with E-state index in [-0.39, 0.29) is 6.42 Å². The average molecular weight is 248 g/mol. The molecule has 2 heterocycles. The lowest BCUT2D eigenvalue weighted by Gasteiger charge is -2.02. The zero-order valence-electron chi connectivity index (χ0n) is 9.38. The van der Waals surface area contributed by atoms with Gasteiger partial charge in [-0.15, -0.1) is 11.3 Å². The van der Waals surface area contributed by atoms with E-state index in [1.165, 1.54) is 5.56 Å². The van der Waals surface area contributed by atoms with Crippen LogP contribution in [0.4, 0.5) is 0 Å². The molecule has 5 heteroatoms. The third-order valence-corrected chi connectivity index (χ3v) is 3.40. The van der Waals surface area contributed by atoms with Crippen molar-refractivity contribution in [1.82, 2.24) is 9.97 Å². The summed E-state index contributed by atoms with van der Waals surface area (Å²) in [7, 11) is 0.